The zero-order valence-electron chi connectivity index (χ0n) is 21.9. The van der Waals surface area contributed by atoms with Gasteiger partial charge in [-0.15, -0.1) is 13.2 Å². The lowest BCUT2D eigenvalue weighted by molar-refractivity contribution is -0.160. The second kappa shape index (κ2) is 11.6. The van der Waals surface area contributed by atoms with Crippen molar-refractivity contribution in [2.24, 2.45) is 11.8 Å². The fraction of sp³-hybridized carbons (Fsp3) is 0.741. The number of fused-ring (bicyclic) bond motifs is 1. The smallest absolute Gasteiger partial charge is 0.312 e. The van der Waals surface area contributed by atoms with Crippen molar-refractivity contribution >= 4 is 17.8 Å². The highest BCUT2D eigenvalue weighted by Crippen LogP contribution is 2.63. The van der Waals surface area contributed by atoms with Crippen molar-refractivity contribution in [1.82, 2.24) is 14.7 Å². The zero-order chi connectivity index (χ0) is 26.6. The first-order valence-electron chi connectivity index (χ1n) is 13.4. The van der Waals surface area contributed by atoms with Gasteiger partial charge in [0.25, 0.3) is 0 Å². The van der Waals surface area contributed by atoms with Crippen LogP contribution in [-0.4, -0.2) is 121 Å². The highest BCUT2D eigenvalue weighted by atomic mass is 16.6. The molecule has 0 aromatic carbocycles. The number of aliphatic hydroxyl groups is 1. The number of amides is 2. The van der Waals surface area contributed by atoms with Gasteiger partial charge in [0, 0.05) is 45.9 Å². The predicted molar refractivity (Wildman–Crippen MR) is 135 cm³/mol. The molecule has 1 N–H and O–H groups in total. The minimum Gasteiger partial charge on any atom is -0.465 e. The van der Waals surface area contributed by atoms with Gasteiger partial charge in [0.2, 0.25) is 11.8 Å². The Hall–Kier alpha value is -2.27. The molecule has 0 aliphatic carbocycles. The zero-order valence-corrected chi connectivity index (χ0v) is 21.9. The lowest BCUT2D eigenvalue weighted by Gasteiger charge is -2.37. The van der Waals surface area contributed by atoms with Gasteiger partial charge in [0.05, 0.1) is 31.3 Å². The fourth-order valence-electron chi connectivity index (χ4n) is 6.58. The third-order valence-corrected chi connectivity index (χ3v) is 8.34. The van der Waals surface area contributed by atoms with Crippen molar-refractivity contribution in [1.29, 1.82) is 0 Å². The number of aliphatic hydroxyl groups excluding tert-OH is 1. The van der Waals surface area contributed by atoms with Crippen LogP contribution < -0.4 is 0 Å². The minimum atomic E-state index is -1.10. The molecule has 4 aliphatic rings. The Bertz CT molecular complexity index is 891. The van der Waals surface area contributed by atoms with Gasteiger partial charge in [0.1, 0.15) is 17.6 Å². The summed E-state index contributed by atoms with van der Waals surface area (Å²) in [6.07, 6.45) is 5.28. The summed E-state index contributed by atoms with van der Waals surface area (Å²) < 4.78 is 17.6. The van der Waals surface area contributed by atoms with Crippen LogP contribution >= 0.6 is 0 Å². The lowest BCUT2D eigenvalue weighted by atomic mass is 9.66. The molecular weight excluding hydrogens is 478 g/mol. The topological polar surface area (TPSA) is 109 Å². The van der Waals surface area contributed by atoms with Crippen LogP contribution in [0.2, 0.25) is 0 Å². The average molecular weight is 520 g/mol. The van der Waals surface area contributed by atoms with Crippen LogP contribution in [0.1, 0.15) is 32.6 Å². The van der Waals surface area contributed by atoms with Gasteiger partial charge in [-0.25, -0.2) is 0 Å². The van der Waals surface area contributed by atoms with Crippen LogP contribution in [-0.2, 0) is 28.6 Å². The van der Waals surface area contributed by atoms with Gasteiger partial charge in [0.15, 0.2) is 0 Å². The Balaban J connectivity index is 1.62. The maximum Gasteiger partial charge on any atom is 0.312 e. The summed E-state index contributed by atoms with van der Waals surface area (Å²) in [5.74, 6) is -2.51. The SMILES string of the molecule is C=CCCOC(=O)[C@@H]1[C@H]2C(=O)N(CCCO)C(C(=O)N(CC=C)CCN3CCOCC3)C23CC[C@@]1(C)O3. The van der Waals surface area contributed by atoms with Gasteiger partial charge < -0.3 is 29.1 Å². The molecule has 37 heavy (non-hydrogen) atoms. The maximum absolute atomic E-state index is 14.2. The molecule has 4 rings (SSSR count). The van der Waals surface area contributed by atoms with Gasteiger partial charge in [-0.2, -0.15) is 0 Å². The van der Waals surface area contributed by atoms with Crippen molar-refractivity contribution in [3.8, 4) is 0 Å². The summed E-state index contributed by atoms with van der Waals surface area (Å²) in [7, 11) is 0. The van der Waals surface area contributed by atoms with Crippen LogP contribution in [0, 0.1) is 11.8 Å². The van der Waals surface area contributed by atoms with Crippen LogP contribution in [0.3, 0.4) is 0 Å². The Kier molecular flexibility index (Phi) is 8.73. The van der Waals surface area contributed by atoms with Gasteiger partial charge in [-0.1, -0.05) is 12.2 Å². The van der Waals surface area contributed by atoms with E-state index in [9.17, 15) is 19.5 Å². The van der Waals surface area contributed by atoms with Crippen LogP contribution in [0.15, 0.2) is 25.3 Å². The Labute approximate surface area is 219 Å². The molecule has 4 fully saturated rings. The van der Waals surface area contributed by atoms with Crippen molar-refractivity contribution in [2.75, 3.05) is 65.7 Å². The third-order valence-electron chi connectivity index (χ3n) is 8.34. The number of hydrogen-bond donors (Lipinski definition) is 1. The van der Waals surface area contributed by atoms with E-state index in [1.165, 1.54) is 0 Å². The number of ether oxygens (including phenoxy) is 3. The molecule has 2 amide bonds. The highest BCUT2D eigenvalue weighted by molar-refractivity contribution is 5.98. The number of hydrogen-bond acceptors (Lipinski definition) is 8. The first-order valence-corrected chi connectivity index (χ1v) is 13.4. The number of nitrogens with zero attached hydrogens (tertiary/aromatic N) is 3. The molecule has 0 radical (unpaired) electrons. The molecule has 0 saturated carbocycles. The van der Waals surface area contributed by atoms with E-state index in [1.807, 2.05) is 6.92 Å². The molecule has 206 valence electrons. The van der Waals surface area contributed by atoms with Crippen molar-refractivity contribution in [3.63, 3.8) is 0 Å². The summed E-state index contributed by atoms with van der Waals surface area (Å²) in [4.78, 5) is 46.9. The summed E-state index contributed by atoms with van der Waals surface area (Å²) in [5.41, 5.74) is -1.97. The number of carbonyl (C=O) groups excluding carboxylic acids is 3. The number of carbonyl (C=O) groups is 3. The molecule has 10 nitrogen and oxygen atoms in total. The minimum absolute atomic E-state index is 0.110. The summed E-state index contributed by atoms with van der Waals surface area (Å²) in [6, 6.07) is -0.867. The molecule has 0 aromatic rings. The van der Waals surface area contributed by atoms with Gasteiger partial charge >= 0.3 is 5.97 Å². The maximum atomic E-state index is 14.2. The van der Waals surface area contributed by atoms with E-state index in [-0.39, 0.29) is 31.6 Å². The number of likely N-dealkylation sites (tertiary alicyclic amines) is 1. The summed E-state index contributed by atoms with van der Waals surface area (Å²) in [6.45, 7) is 14.1. The Morgan fingerprint density at radius 1 is 1.22 bits per heavy atom. The van der Waals surface area contributed by atoms with E-state index in [0.29, 0.717) is 58.5 Å². The normalized spacial score (nSPS) is 32.9. The molecule has 2 bridgehead atoms. The van der Waals surface area contributed by atoms with E-state index >= 15 is 0 Å². The first-order chi connectivity index (χ1) is 17.8. The summed E-state index contributed by atoms with van der Waals surface area (Å²) in [5, 5.41) is 9.52. The lowest BCUT2D eigenvalue weighted by Crippen LogP contribution is -2.57. The van der Waals surface area contributed by atoms with E-state index < -0.39 is 35.0 Å². The molecule has 10 heteroatoms. The molecule has 4 saturated heterocycles. The van der Waals surface area contributed by atoms with Crippen LogP contribution in [0.5, 0.6) is 0 Å². The Morgan fingerprint density at radius 2 is 1.97 bits per heavy atom. The molecule has 0 aromatic heterocycles. The largest absolute Gasteiger partial charge is 0.465 e. The predicted octanol–water partition coefficient (Wildman–Crippen LogP) is 0.600. The molecule has 4 aliphatic heterocycles. The molecule has 1 spiro atoms. The van der Waals surface area contributed by atoms with E-state index in [2.05, 4.69) is 18.1 Å². The molecule has 2 unspecified atom stereocenters. The number of morpholine rings is 1. The molecule has 5 atom stereocenters. The first kappa shape index (κ1) is 27.8. The average Bonchev–Trinajstić information content (AvgIpc) is 3.46. The van der Waals surface area contributed by atoms with Crippen molar-refractivity contribution in [2.45, 2.75) is 49.9 Å². The van der Waals surface area contributed by atoms with Gasteiger partial charge in [-0.3, -0.25) is 19.3 Å². The number of esters is 1. The van der Waals surface area contributed by atoms with E-state index in [4.69, 9.17) is 14.2 Å². The second-order valence-electron chi connectivity index (χ2n) is 10.6. The molecule has 4 heterocycles. The quantitative estimate of drug-likeness (QED) is 0.214. The van der Waals surface area contributed by atoms with Crippen molar-refractivity contribution < 1.29 is 33.7 Å². The monoisotopic (exact) mass is 519 g/mol. The Morgan fingerprint density at radius 3 is 2.65 bits per heavy atom. The molecular formula is C27H41N3O7. The standard InChI is InChI=1S/C27H41N3O7/c1-4-6-17-36-25(34)21-20-23(32)30(11-7-16-31)22(27(20)9-8-26(21,3)37-27)24(33)29(10-5-2)13-12-28-14-18-35-19-15-28/h4-5,20-22,31H,1-2,6-19H2,3H3/t20-,21-,22?,26+,27?/m0/s1. The van der Waals surface area contributed by atoms with E-state index in [1.54, 1.807) is 22.0 Å². The third kappa shape index (κ3) is 5.08. The van der Waals surface area contributed by atoms with E-state index in [0.717, 1.165) is 13.1 Å². The summed E-state index contributed by atoms with van der Waals surface area (Å²) >= 11 is 0. The van der Waals surface area contributed by atoms with Crippen LogP contribution in [0.25, 0.3) is 0 Å². The van der Waals surface area contributed by atoms with Crippen molar-refractivity contribution in [3.05, 3.63) is 25.3 Å². The fourth-order valence-corrected chi connectivity index (χ4v) is 6.58. The van der Waals surface area contributed by atoms with Crippen LogP contribution in [0.4, 0.5) is 0 Å². The van der Waals surface area contributed by atoms with Gasteiger partial charge in [-0.05, 0) is 32.6 Å². The number of rotatable bonds is 13. The highest BCUT2D eigenvalue weighted by Gasteiger charge is 2.78. The second-order valence-corrected chi connectivity index (χ2v) is 10.6.